The zero-order valence-corrected chi connectivity index (χ0v) is 9.31. The Labute approximate surface area is 101 Å². The van der Waals surface area contributed by atoms with Crippen LogP contribution >= 0.6 is 0 Å². The van der Waals surface area contributed by atoms with Crippen molar-refractivity contribution in [2.75, 3.05) is 6.54 Å². The molecule has 0 atom stereocenters. The largest absolute Gasteiger partial charge is 0.350 e. The Balaban J connectivity index is 1.93. The van der Waals surface area contributed by atoms with Gasteiger partial charge in [-0.3, -0.25) is 9.48 Å². The SMILES string of the molecule is O=C(NCCn1cccn1)c1ccnc(F)c1F. The van der Waals surface area contributed by atoms with Crippen molar-refractivity contribution in [1.29, 1.82) is 0 Å². The van der Waals surface area contributed by atoms with Gasteiger partial charge in [0, 0.05) is 25.1 Å². The molecule has 2 rings (SSSR count). The van der Waals surface area contributed by atoms with Crippen LogP contribution in [0.15, 0.2) is 30.7 Å². The van der Waals surface area contributed by atoms with E-state index in [9.17, 15) is 13.6 Å². The summed E-state index contributed by atoms with van der Waals surface area (Å²) < 4.78 is 27.7. The van der Waals surface area contributed by atoms with E-state index in [0.29, 0.717) is 6.54 Å². The van der Waals surface area contributed by atoms with Gasteiger partial charge in [-0.1, -0.05) is 0 Å². The van der Waals surface area contributed by atoms with E-state index in [1.54, 1.807) is 23.1 Å². The Morgan fingerprint density at radius 1 is 1.39 bits per heavy atom. The third-order valence-electron chi connectivity index (χ3n) is 2.28. The Hall–Kier alpha value is -2.31. The molecule has 2 heterocycles. The fourth-order valence-corrected chi connectivity index (χ4v) is 1.41. The summed E-state index contributed by atoms with van der Waals surface area (Å²) >= 11 is 0. The number of nitrogens with zero attached hydrogens (tertiary/aromatic N) is 3. The topological polar surface area (TPSA) is 59.8 Å². The summed E-state index contributed by atoms with van der Waals surface area (Å²) in [7, 11) is 0. The summed E-state index contributed by atoms with van der Waals surface area (Å²) in [6, 6.07) is 2.88. The Bertz CT molecular complexity index is 542. The second-order valence-corrected chi connectivity index (χ2v) is 3.49. The van der Waals surface area contributed by atoms with Crippen molar-refractivity contribution >= 4 is 5.91 Å². The zero-order valence-electron chi connectivity index (χ0n) is 9.31. The lowest BCUT2D eigenvalue weighted by Crippen LogP contribution is -2.28. The summed E-state index contributed by atoms with van der Waals surface area (Å²) in [5.41, 5.74) is -0.358. The molecule has 7 heteroatoms. The van der Waals surface area contributed by atoms with Crippen LogP contribution in [0.25, 0.3) is 0 Å². The van der Waals surface area contributed by atoms with Crippen molar-refractivity contribution < 1.29 is 13.6 Å². The highest BCUT2D eigenvalue weighted by Crippen LogP contribution is 2.08. The minimum absolute atomic E-state index is 0.268. The number of hydrogen-bond acceptors (Lipinski definition) is 3. The summed E-state index contributed by atoms with van der Waals surface area (Å²) in [4.78, 5) is 14.7. The number of aromatic nitrogens is 3. The minimum atomic E-state index is -1.28. The number of amides is 1. The highest BCUT2D eigenvalue weighted by atomic mass is 19.2. The van der Waals surface area contributed by atoms with E-state index >= 15 is 0 Å². The van der Waals surface area contributed by atoms with Crippen LogP contribution in [0.2, 0.25) is 0 Å². The lowest BCUT2D eigenvalue weighted by Gasteiger charge is -2.06. The van der Waals surface area contributed by atoms with Crippen molar-refractivity contribution in [3.8, 4) is 0 Å². The van der Waals surface area contributed by atoms with E-state index in [1.165, 1.54) is 0 Å². The first-order valence-corrected chi connectivity index (χ1v) is 5.24. The highest BCUT2D eigenvalue weighted by Gasteiger charge is 2.15. The van der Waals surface area contributed by atoms with Crippen LogP contribution in [0.3, 0.4) is 0 Å². The molecule has 0 saturated heterocycles. The van der Waals surface area contributed by atoms with Gasteiger partial charge < -0.3 is 5.32 Å². The van der Waals surface area contributed by atoms with E-state index < -0.39 is 17.7 Å². The van der Waals surface area contributed by atoms with E-state index in [2.05, 4.69) is 15.4 Å². The molecule has 0 aliphatic carbocycles. The van der Waals surface area contributed by atoms with E-state index in [1.807, 2.05) is 0 Å². The predicted molar refractivity (Wildman–Crippen MR) is 58.7 cm³/mol. The fourth-order valence-electron chi connectivity index (χ4n) is 1.41. The number of carbonyl (C=O) groups is 1. The summed E-state index contributed by atoms with van der Waals surface area (Å²) in [6.07, 6.45) is 4.39. The monoisotopic (exact) mass is 252 g/mol. The van der Waals surface area contributed by atoms with Crippen molar-refractivity contribution in [2.45, 2.75) is 6.54 Å². The van der Waals surface area contributed by atoms with Crippen LogP contribution < -0.4 is 5.32 Å². The number of nitrogens with one attached hydrogen (secondary N) is 1. The molecule has 5 nitrogen and oxygen atoms in total. The molecule has 2 aromatic heterocycles. The lowest BCUT2D eigenvalue weighted by atomic mass is 10.2. The summed E-state index contributed by atoms with van der Waals surface area (Å²) in [5, 5.41) is 6.41. The molecule has 94 valence electrons. The molecule has 0 aromatic carbocycles. The number of halogens is 2. The fraction of sp³-hybridized carbons (Fsp3) is 0.182. The number of hydrogen-bond donors (Lipinski definition) is 1. The van der Waals surface area contributed by atoms with Gasteiger partial charge in [-0.2, -0.15) is 9.49 Å². The number of pyridine rings is 1. The maximum atomic E-state index is 13.2. The molecule has 0 spiro atoms. The van der Waals surface area contributed by atoms with Gasteiger partial charge in [0.15, 0.2) is 5.82 Å². The average molecular weight is 252 g/mol. The van der Waals surface area contributed by atoms with Crippen LogP contribution in [0.1, 0.15) is 10.4 Å². The molecule has 1 amide bonds. The van der Waals surface area contributed by atoms with Crippen molar-refractivity contribution in [1.82, 2.24) is 20.1 Å². The molecule has 18 heavy (non-hydrogen) atoms. The first-order chi connectivity index (χ1) is 8.68. The van der Waals surface area contributed by atoms with Crippen LogP contribution in [-0.4, -0.2) is 27.2 Å². The summed E-state index contributed by atoms with van der Waals surface area (Å²) in [6.45, 7) is 0.720. The molecule has 0 saturated carbocycles. The minimum Gasteiger partial charge on any atom is -0.350 e. The van der Waals surface area contributed by atoms with Gasteiger partial charge in [0.1, 0.15) is 0 Å². The van der Waals surface area contributed by atoms with Gasteiger partial charge in [0.2, 0.25) is 5.95 Å². The third-order valence-corrected chi connectivity index (χ3v) is 2.28. The molecular weight excluding hydrogens is 242 g/mol. The first kappa shape index (κ1) is 12.2. The smallest absolute Gasteiger partial charge is 0.254 e. The standard InChI is InChI=1S/C11H10F2N4O/c12-9-8(2-4-14-10(9)13)11(18)15-5-7-17-6-1-3-16-17/h1-4,6H,5,7H2,(H,15,18). The van der Waals surface area contributed by atoms with Crippen LogP contribution in [0.5, 0.6) is 0 Å². The van der Waals surface area contributed by atoms with Gasteiger partial charge in [-0.05, 0) is 12.1 Å². The zero-order chi connectivity index (χ0) is 13.0. The van der Waals surface area contributed by atoms with Gasteiger partial charge in [-0.15, -0.1) is 0 Å². The predicted octanol–water partition coefficient (Wildman–Crippen LogP) is 0.986. The van der Waals surface area contributed by atoms with E-state index in [0.717, 1.165) is 12.3 Å². The van der Waals surface area contributed by atoms with Crippen molar-refractivity contribution in [3.63, 3.8) is 0 Å². The highest BCUT2D eigenvalue weighted by molar-refractivity contribution is 5.94. The molecule has 0 aliphatic heterocycles. The molecule has 0 aliphatic rings. The second-order valence-electron chi connectivity index (χ2n) is 3.49. The third kappa shape index (κ3) is 2.68. The van der Waals surface area contributed by atoms with Crippen LogP contribution in [-0.2, 0) is 6.54 Å². The van der Waals surface area contributed by atoms with Crippen molar-refractivity contribution in [2.24, 2.45) is 0 Å². The number of carbonyl (C=O) groups excluding carboxylic acids is 1. The van der Waals surface area contributed by atoms with E-state index in [-0.39, 0.29) is 12.1 Å². The number of rotatable bonds is 4. The normalized spacial score (nSPS) is 10.3. The van der Waals surface area contributed by atoms with Crippen molar-refractivity contribution in [3.05, 3.63) is 48.1 Å². The van der Waals surface area contributed by atoms with Gasteiger partial charge in [0.05, 0.1) is 12.1 Å². The van der Waals surface area contributed by atoms with Crippen LogP contribution in [0.4, 0.5) is 8.78 Å². The Morgan fingerprint density at radius 2 is 2.22 bits per heavy atom. The first-order valence-electron chi connectivity index (χ1n) is 5.24. The van der Waals surface area contributed by atoms with Gasteiger partial charge >= 0.3 is 0 Å². The molecule has 1 N–H and O–H groups in total. The maximum absolute atomic E-state index is 13.2. The molecule has 0 radical (unpaired) electrons. The van der Waals surface area contributed by atoms with E-state index in [4.69, 9.17) is 0 Å². The summed E-state index contributed by atoms with van der Waals surface area (Å²) in [5.74, 6) is -3.20. The molecule has 0 unspecified atom stereocenters. The van der Waals surface area contributed by atoms with Crippen LogP contribution in [0, 0.1) is 11.8 Å². The van der Waals surface area contributed by atoms with Gasteiger partial charge in [-0.25, -0.2) is 9.37 Å². The second kappa shape index (κ2) is 5.35. The Morgan fingerprint density at radius 3 is 2.94 bits per heavy atom. The maximum Gasteiger partial charge on any atom is 0.254 e. The quantitative estimate of drug-likeness (QED) is 0.825. The average Bonchev–Trinajstić information content (AvgIpc) is 2.85. The molecular formula is C11H10F2N4O. The molecule has 0 bridgehead atoms. The molecule has 2 aromatic rings. The lowest BCUT2D eigenvalue weighted by molar-refractivity contribution is 0.0946. The van der Waals surface area contributed by atoms with Gasteiger partial charge in [0.25, 0.3) is 5.91 Å². The Kier molecular flexibility index (Phi) is 3.61. The molecule has 0 fully saturated rings.